The standard InChI is InChI=1S/C5H10FNO.C2H6/c1-2-3-4-7-5(6)8;1-2/h2-4H2,1H3,(H,7,8);1-2H3. The maximum atomic E-state index is 11.3. The van der Waals surface area contributed by atoms with Gasteiger partial charge < -0.3 is 5.32 Å². The second-order valence-electron chi connectivity index (χ2n) is 1.55. The summed E-state index contributed by atoms with van der Waals surface area (Å²) < 4.78 is 11.3. The highest BCUT2D eigenvalue weighted by Crippen LogP contribution is 1.82. The zero-order valence-corrected chi connectivity index (χ0v) is 6.91. The van der Waals surface area contributed by atoms with Crippen molar-refractivity contribution in [2.75, 3.05) is 6.54 Å². The fourth-order valence-electron chi connectivity index (χ4n) is 0.363. The van der Waals surface area contributed by atoms with E-state index in [0.29, 0.717) is 6.54 Å². The summed E-state index contributed by atoms with van der Waals surface area (Å²) in [6.07, 6.45) is 0.383. The van der Waals surface area contributed by atoms with E-state index >= 15 is 0 Å². The molecule has 0 saturated heterocycles. The average molecular weight is 149 g/mol. The Morgan fingerprint density at radius 2 is 2.00 bits per heavy atom. The average Bonchev–Trinajstić information content (AvgIpc) is 1.92. The highest BCUT2D eigenvalue weighted by molar-refractivity contribution is 5.65. The van der Waals surface area contributed by atoms with Crippen molar-refractivity contribution in [3.05, 3.63) is 0 Å². The van der Waals surface area contributed by atoms with Gasteiger partial charge in [0.25, 0.3) is 0 Å². The van der Waals surface area contributed by atoms with Gasteiger partial charge in [0.05, 0.1) is 0 Å². The van der Waals surface area contributed by atoms with Crippen molar-refractivity contribution in [3.8, 4) is 0 Å². The highest BCUT2D eigenvalue weighted by atomic mass is 19.1. The molecule has 0 aliphatic rings. The van der Waals surface area contributed by atoms with Crippen LogP contribution in [0.15, 0.2) is 0 Å². The van der Waals surface area contributed by atoms with Gasteiger partial charge in [0.1, 0.15) is 0 Å². The molecule has 0 bridgehead atoms. The first-order chi connectivity index (χ1) is 4.77. The van der Waals surface area contributed by atoms with Crippen molar-refractivity contribution in [2.45, 2.75) is 33.6 Å². The van der Waals surface area contributed by atoms with Gasteiger partial charge in [0, 0.05) is 6.54 Å². The molecule has 62 valence electrons. The van der Waals surface area contributed by atoms with Gasteiger partial charge in [-0.05, 0) is 6.42 Å². The Morgan fingerprint density at radius 1 is 1.50 bits per heavy atom. The van der Waals surface area contributed by atoms with Gasteiger partial charge in [-0.1, -0.05) is 27.2 Å². The van der Waals surface area contributed by atoms with E-state index in [9.17, 15) is 9.18 Å². The Labute approximate surface area is 61.8 Å². The lowest BCUT2D eigenvalue weighted by Crippen LogP contribution is -2.17. The molecule has 0 saturated carbocycles. The number of unbranched alkanes of at least 4 members (excludes halogenated alkanes) is 1. The molecule has 1 amide bonds. The Bertz CT molecular complexity index is 76.0. The first kappa shape index (κ1) is 12.1. The van der Waals surface area contributed by atoms with E-state index in [1.54, 1.807) is 0 Å². The lowest BCUT2D eigenvalue weighted by molar-refractivity contribution is 0.221. The van der Waals surface area contributed by atoms with E-state index in [4.69, 9.17) is 0 Å². The summed E-state index contributed by atoms with van der Waals surface area (Å²) in [5, 5.41) is 2.04. The molecule has 10 heavy (non-hydrogen) atoms. The molecule has 2 nitrogen and oxygen atoms in total. The van der Waals surface area contributed by atoms with Crippen LogP contribution in [-0.2, 0) is 0 Å². The Kier molecular flexibility index (Phi) is 13.6. The second-order valence-corrected chi connectivity index (χ2v) is 1.55. The molecule has 0 aromatic carbocycles. The van der Waals surface area contributed by atoms with E-state index in [1.807, 2.05) is 26.1 Å². The Balaban J connectivity index is 0. The van der Waals surface area contributed by atoms with Crippen LogP contribution in [0.25, 0.3) is 0 Å². The Hall–Kier alpha value is -0.600. The second kappa shape index (κ2) is 11.2. The monoisotopic (exact) mass is 149 g/mol. The van der Waals surface area contributed by atoms with Gasteiger partial charge in [0.2, 0.25) is 0 Å². The summed E-state index contributed by atoms with van der Waals surface area (Å²) >= 11 is 0. The molecule has 0 atom stereocenters. The predicted octanol–water partition coefficient (Wildman–Crippen LogP) is 2.49. The van der Waals surface area contributed by atoms with Crippen LogP contribution in [0.2, 0.25) is 0 Å². The zero-order valence-electron chi connectivity index (χ0n) is 6.91. The van der Waals surface area contributed by atoms with E-state index in [2.05, 4.69) is 0 Å². The van der Waals surface area contributed by atoms with Gasteiger partial charge >= 0.3 is 6.16 Å². The van der Waals surface area contributed by atoms with Crippen LogP contribution in [-0.4, -0.2) is 12.7 Å². The lowest BCUT2D eigenvalue weighted by Gasteiger charge is -1.93. The summed E-state index contributed by atoms with van der Waals surface area (Å²) in [4.78, 5) is 9.54. The third-order valence-corrected chi connectivity index (χ3v) is 0.794. The number of hydrogen-bond donors (Lipinski definition) is 1. The van der Waals surface area contributed by atoms with Crippen molar-refractivity contribution < 1.29 is 9.18 Å². The number of halogens is 1. The van der Waals surface area contributed by atoms with Crippen LogP contribution in [0.1, 0.15) is 33.6 Å². The molecule has 0 radical (unpaired) electrons. The van der Waals surface area contributed by atoms with Crippen molar-refractivity contribution in [1.82, 2.24) is 5.32 Å². The first-order valence-electron chi connectivity index (χ1n) is 3.70. The van der Waals surface area contributed by atoms with Crippen molar-refractivity contribution in [1.29, 1.82) is 0 Å². The zero-order chi connectivity index (χ0) is 8.41. The third kappa shape index (κ3) is 15.7. The molecular formula is C7H16FNO. The number of nitrogens with one attached hydrogen (secondary N) is 1. The first-order valence-corrected chi connectivity index (χ1v) is 3.70. The summed E-state index contributed by atoms with van der Waals surface area (Å²) in [5.74, 6) is 0. The molecule has 0 fully saturated rings. The fraction of sp³-hybridized carbons (Fsp3) is 0.857. The minimum Gasteiger partial charge on any atom is -0.328 e. The summed E-state index contributed by atoms with van der Waals surface area (Å²) in [5.41, 5.74) is 0. The quantitative estimate of drug-likeness (QED) is 0.373. The van der Waals surface area contributed by atoms with Gasteiger partial charge in [-0.3, -0.25) is 0 Å². The molecule has 0 spiro atoms. The SMILES string of the molecule is CC.CCCCNC(=O)F. The smallest absolute Gasteiger partial charge is 0.328 e. The molecule has 0 aliphatic carbocycles. The van der Waals surface area contributed by atoms with Crippen molar-refractivity contribution in [2.24, 2.45) is 0 Å². The minimum absolute atomic E-state index is 0.450. The van der Waals surface area contributed by atoms with E-state index < -0.39 is 6.16 Å². The predicted molar refractivity (Wildman–Crippen MR) is 40.8 cm³/mol. The van der Waals surface area contributed by atoms with E-state index in [-0.39, 0.29) is 0 Å². The molecule has 1 N–H and O–H groups in total. The number of hydrogen-bond acceptors (Lipinski definition) is 1. The normalized spacial score (nSPS) is 7.60. The third-order valence-electron chi connectivity index (χ3n) is 0.794. The fourth-order valence-corrected chi connectivity index (χ4v) is 0.363. The number of carbonyl (C=O) groups excluding carboxylic acids is 1. The van der Waals surface area contributed by atoms with Crippen LogP contribution >= 0.6 is 0 Å². The molecule has 0 aromatic rings. The largest absolute Gasteiger partial charge is 0.397 e. The van der Waals surface area contributed by atoms with Crippen LogP contribution in [0.5, 0.6) is 0 Å². The maximum absolute atomic E-state index is 11.3. The molecule has 3 heteroatoms. The summed E-state index contributed by atoms with van der Waals surface area (Å²) in [6.45, 7) is 6.43. The van der Waals surface area contributed by atoms with Gasteiger partial charge in [-0.2, -0.15) is 0 Å². The van der Waals surface area contributed by atoms with Crippen molar-refractivity contribution in [3.63, 3.8) is 0 Å². The van der Waals surface area contributed by atoms with Crippen LogP contribution < -0.4 is 5.32 Å². The topological polar surface area (TPSA) is 29.1 Å². The van der Waals surface area contributed by atoms with Crippen LogP contribution in [0.4, 0.5) is 9.18 Å². The van der Waals surface area contributed by atoms with Gasteiger partial charge in [0.15, 0.2) is 0 Å². The summed E-state index contributed by atoms with van der Waals surface area (Å²) in [7, 11) is 0. The molecule has 0 aliphatic heterocycles. The minimum atomic E-state index is -1.43. The van der Waals surface area contributed by atoms with E-state index in [0.717, 1.165) is 12.8 Å². The molecule has 0 rings (SSSR count). The van der Waals surface area contributed by atoms with Crippen LogP contribution in [0.3, 0.4) is 0 Å². The van der Waals surface area contributed by atoms with E-state index in [1.165, 1.54) is 0 Å². The number of carbonyl (C=O) groups is 1. The lowest BCUT2D eigenvalue weighted by atomic mass is 10.3. The molecule has 0 heterocycles. The molecule has 0 unspecified atom stereocenters. The number of rotatable bonds is 3. The Morgan fingerprint density at radius 3 is 2.30 bits per heavy atom. The highest BCUT2D eigenvalue weighted by Gasteiger charge is 1.90. The van der Waals surface area contributed by atoms with Crippen molar-refractivity contribution >= 4 is 6.16 Å². The molecular weight excluding hydrogens is 133 g/mol. The van der Waals surface area contributed by atoms with Gasteiger partial charge in [-0.25, -0.2) is 4.79 Å². The molecule has 0 aromatic heterocycles. The maximum Gasteiger partial charge on any atom is 0.397 e. The summed E-state index contributed by atoms with van der Waals surface area (Å²) in [6, 6.07) is 0. The number of amides is 1. The van der Waals surface area contributed by atoms with Crippen LogP contribution in [0, 0.1) is 0 Å². The van der Waals surface area contributed by atoms with Gasteiger partial charge in [-0.15, -0.1) is 4.39 Å².